The molecule has 1 aliphatic rings. The van der Waals surface area contributed by atoms with E-state index in [0.717, 1.165) is 38.4 Å². The van der Waals surface area contributed by atoms with Crippen molar-refractivity contribution in [1.82, 2.24) is 30.4 Å². The molecule has 1 fully saturated rings. The van der Waals surface area contributed by atoms with Gasteiger partial charge in [-0.1, -0.05) is 6.92 Å². The SMILES string of the molecule is CCCNCc1nnnn1CCN1CCSCC1. The van der Waals surface area contributed by atoms with E-state index in [-0.39, 0.29) is 0 Å². The number of aromatic nitrogens is 4. The van der Waals surface area contributed by atoms with Crippen molar-refractivity contribution in [2.45, 2.75) is 26.4 Å². The maximum absolute atomic E-state index is 4.07. The molecular weight excluding hydrogens is 248 g/mol. The fourth-order valence-corrected chi connectivity index (χ4v) is 2.94. The maximum atomic E-state index is 4.07. The Kier molecular flexibility index (Phi) is 5.89. The lowest BCUT2D eigenvalue weighted by Gasteiger charge is -2.25. The highest BCUT2D eigenvalue weighted by molar-refractivity contribution is 7.99. The first-order valence-corrected chi connectivity index (χ1v) is 7.81. The first kappa shape index (κ1) is 13.8. The minimum atomic E-state index is 0.761. The van der Waals surface area contributed by atoms with E-state index in [4.69, 9.17) is 0 Å². The molecule has 1 N–H and O–H groups in total. The van der Waals surface area contributed by atoms with Crippen LogP contribution in [0.3, 0.4) is 0 Å². The summed E-state index contributed by atoms with van der Waals surface area (Å²) in [5.74, 6) is 3.44. The fraction of sp³-hybridized carbons (Fsp3) is 0.909. The predicted octanol–water partition coefficient (Wildman–Crippen LogP) is 0.222. The number of hydrogen-bond acceptors (Lipinski definition) is 6. The number of nitrogens with zero attached hydrogens (tertiary/aromatic N) is 5. The van der Waals surface area contributed by atoms with Crippen LogP contribution in [0.1, 0.15) is 19.2 Å². The van der Waals surface area contributed by atoms with Crippen molar-refractivity contribution < 1.29 is 0 Å². The van der Waals surface area contributed by atoms with E-state index < -0.39 is 0 Å². The van der Waals surface area contributed by atoms with E-state index in [1.54, 1.807) is 0 Å². The Morgan fingerprint density at radius 1 is 1.28 bits per heavy atom. The zero-order chi connectivity index (χ0) is 12.6. The first-order valence-electron chi connectivity index (χ1n) is 6.66. The lowest BCUT2D eigenvalue weighted by Crippen LogP contribution is -2.35. The van der Waals surface area contributed by atoms with Gasteiger partial charge in [-0.05, 0) is 23.4 Å². The largest absolute Gasteiger partial charge is 0.310 e. The second-order valence-corrected chi connectivity index (χ2v) is 5.67. The standard InChI is InChI=1S/C11H22N6S/c1-2-3-12-10-11-13-14-15-17(11)5-4-16-6-8-18-9-7-16/h12H,2-10H2,1H3. The van der Waals surface area contributed by atoms with Gasteiger partial charge in [0.15, 0.2) is 5.82 Å². The van der Waals surface area contributed by atoms with Gasteiger partial charge in [0.1, 0.15) is 0 Å². The molecule has 1 aromatic rings. The van der Waals surface area contributed by atoms with Crippen molar-refractivity contribution in [3.8, 4) is 0 Å². The summed E-state index contributed by atoms with van der Waals surface area (Å²) in [7, 11) is 0. The lowest BCUT2D eigenvalue weighted by molar-refractivity contribution is 0.281. The summed E-state index contributed by atoms with van der Waals surface area (Å²) in [6.45, 7) is 8.25. The maximum Gasteiger partial charge on any atom is 0.165 e. The van der Waals surface area contributed by atoms with Gasteiger partial charge in [0.05, 0.1) is 13.1 Å². The van der Waals surface area contributed by atoms with Gasteiger partial charge in [0.2, 0.25) is 0 Å². The van der Waals surface area contributed by atoms with Gasteiger partial charge in [-0.15, -0.1) is 5.10 Å². The van der Waals surface area contributed by atoms with Gasteiger partial charge in [0, 0.05) is 31.1 Å². The monoisotopic (exact) mass is 270 g/mol. The minimum absolute atomic E-state index is 0.761. The number of thioether (sulfide) groups is 1. The Labute approximate surface area is 112 Å². The molecule has 0 saturated carbocycles. The zero-order valence-corrected chi connectivity index (χ0v) is 11.8. The fourth-order valence-electron chi connectivity index (χ4n) is 1.96. The molecule has 1 saturated heterocycles. The lowest BCUT2D eigenvalue weighted by atomic mass is 10.4. The average Bonchev–Trinajstić information content (AvgIpc) is 2.86. The number of tetrazole rings is 1. The van der Waals surface area contributed by atoms with Crippen molar-refractivity contribution in [3.63, 3.8) is 0 Å². The van der Waals surface area contributed by atoms with Crippen LogP contribution in [-0.2, 0) is 13.1 Å². The summed E-state index contributed by atoms with van der Waals surface area (Å²) in [5, 5.41) is 15.2. The van der Waals surface area contributed by atoms with E-state index in [1.165, 1.54) is 24.6 Å². The zero-order valence-electron chi connectivity index (χ0n) is 11.0. The molecule has 6 nitrogen and oxygen atoms in total. The predicted molar refractivity (Wildman–Crippen MR) is 73.6 cm³/mol. The van der Waals surface area contributed by atoms with Crippen molar-refractivity contribution in [3.05, 3.63) is 5.82 Å². The molecule has 7 heteroatoms. The second kappa shape index (κ2) is 7.70. The highest BCUT2D eigenvalue weighted by atomic mass is 32.2. The van der Waals surface area contributed by atoms with Crippen LogP contribution >= 0.6 is 11.8 Å². The molecule has 0 aromatic carbocycles. The van der Waals surface area contributed by atoms with E-state index in [9.17, 15) is 0 Å². The van der Waals surface area contributed by atoms with Crippen LogP contribution in [0.5, 0.6) is 0 Å². The highest BCUT2D eigenvalue weighted by Crippen LogP contribution is 2.08. The Morgan fingerprint density at radius 3 is 2.89 bits per heavy atom. The van der Waals surface area contributed by atoms with Gasteiger partial charge < -0.3 is 5.32 Å². The van der Waals surface area contributed by atoms with Crippen molar-refractivity contribution in [2.24, 2.45) is 0 Å². The van der Waals surface area contributed by atoms with E-state index in [2.05, 4.69) is 32.7 Å². The van der Waals surface area contributed by atoms with Gasteiger partial charge in [-0.25, -0.2) is 4.68 Å². The van der Waals surface area contributed by atoms with Crippen molar-refractivity contribution >= 4 is 11.8 Å². The molecular formula is C11H22N6S. The van der Waals surface area contributed by atoms with Crippen LogP contribution in [0, 0.1) is 0 Å². The number of nitrogens with one attached hydrogen (secondary N) is 1. The molecule has 0 bridgehead atoms. The highest BCUT2D eigenvalue weighted by Gasteiger charge is 2.11. The third kappa shape index (κ3) is 4.22. The summed E-state index contributed by atoms with van der Waals surface area (Å²) >= 11 is 2.04. The quantitative estimate of drug-likeness (QED) is 0.715. The summed E-state index contributed by atoms with van der Waals surface area (Å²) in [5.41, 5.74) is 0. The Bertz CT molecular complexity index is 336. The summed E-state index contributed by atoms with van der Waals surface area (Å²) in [4.78, 5) is 2.49. The smallest absolute Gasteiger partial charge is 0.165 e. The van der Waals surface area contributed by atoms with Gasteiger partial charge in [-0.2, -0.15) is 11.8 Å². The first-order chi connectivity index (χ1) is 8.90. The molecule has 102 valence electrons. The summed E-state index contributed by atoms with van der Waals surface area (Å²) in [6, 6.07) is 0. The molecule has 0 spiro atoms. The third-order valence-electron chi connectivity index (χ3n) is 3.05. The molecule has 0 atom stereocenters. The van der Waals surface area contributed by atoms with Crippen LogP contribution in [0.2, 0.25) is 0 Å². The van der Waals surface area contributed by atoms with Gasteiger partial charge >= 0.3 is 0 Å². The molecule has 2 rings (SSSR count). The Morgan fingerprint density at radius 2 is 2.11 bits per heavy atom. The number of hydrogen-bond donors (Lipinski definition) is 1. The van der Waals surface area contributed by atoms with E-state index >= 15 is 0 Å². The van der Waals surface area contributed by atoms with Gasteiger partial charge in [-0.3, -0.25) is 4.90 Å². The molecule has 0 radical (unpaired) electrons. The number of rotatable bonds is 7. The van der Waals surface area contributed by atoms with E-state index in [1.807, 2.05) is 16.4 Å². The summed E-state index contributed by atoms with van der Waals surface area (Å²) in [6.07, 6.45) is 1.13. The van der Waals surface area contributed by atoms with Gasteiger partial charge in [0.25, 0.3) is 0 Å². The normalized spacial score (nSPS) is 17.2. The van der Waals surface area contributed by atoms with Crippen molar-refractivity contribution in [2.75, 3.05) is 37.7 Å². The molecule has 0 amide bonds. The topological polar surface area (TPSA) is 58.9 Å². The molecule has 1 aliphatic heterocycles. The molecule has 1 aromatic heterocycles. The minimum Gasteiger partial charge on any atom is -0.310 e. The van der Waals surface area contributed by atoms with Crippen LogP contribution in [0.4, 0.5) is 0 Å². The summed E-state index contributed by atoms with van der Waals surface area (Å²) < 4.78 is 1.92. The average molecular weight is 270 g/mol. The second-order valence-electron chi connectivity index (χ2n) is 4.45. The molecule has 18 heavy (non-hydrogen) atoms. The molecule has 0 unspecified atom stereocenters. The Balaban J connectivity index is 1.75. The van der Waals surface area contributed by atoms with Crippen molar-refractivity contribution in [1.29, 1.82) is 0 Å². The third-order valence-corrected chi connectivity index (χ3v) is 3.99. The van der Waals surface area contributed by atoms with Crippen LogP contribution < -0.4 is 5.32 Å². The van der Waals surface area contributed by atoms with Crippen LogP contribution in [0.25, 0.3) is 0 Å². The molecule has 2 heterocycles. The van der Waals surface area contributed by atoms with Crippen LogP contribution in [0.15, 0.2) is 0 Å². The Hall–Kier alpha value is -0.660. The molecule has 0 aliphatic carbocycles. The van der Waals surface area contributed by atoms with Crippen LogP contribution in [-0.4, -0.2) is 62.8 Å². The van der Waals surface area contributed by atoms with E-state index in [0.29, 0.717) is 0 Å².